The van der Waals surface area contributed by atoms with E-state index < -0.39 is 9.84 Å². The summed E-state index contributed by atoms with van der Waals surface area (Å²) in [6.07, 6.45) is 2.43. The van der Waals surface area contributed by atoms with Gasteiger partial charge in [0.25, 0.3) is 0 Å². The van der Waals surface area contributed by atoms with Crippen molar-refractivity contribution < 1.29 is 8.42 Å². The lowest BCUT2D eigenvalue weighted by atomic mass is 9.98. The summed E-state index contributed by atoms with van der Waals surface area (Å²) >= 11 is 0. The van der Waals surface area contributed by atoms with Crippen LogP contribution in [0.3, 0.4) is 0 Å². The van der Waals surface area contributed by atoms with Crippen molar-refractivity contribution in [3.05, 3.63) is 29.8 Å². The summed E-state index contributed by atoms with van der Waals surface area (Å²) in [6.45, 7) is 2.62. The van der Waals surface area contributed by atoms with E-state index in [4.69, 9.17) is 5.73 Å². The molecule has 1 atom stereocenters. The molecule has 1 aromatic rings. The van der Waals surface area contributed by atoms with E-state index in [1.807, 2.05) is 19.1 Å². The summed E-state index contributed by atoms with van der Waals surface area (Å²) in [4.78, 5) is 0.517. The molecule has 4 heteroatoms. The van der Waals surface area contributed by atoms with Crippen molar-refractivity contribution in [3.8, 4) is 0 Å². The first-order valence-electron chi connectivity index (χ1n) is 6.10. The van der Waals surface area contributed by atoms with Crippen molar-refractivity contribution in [2.45, 2.75) is 42.2 Å². The zero-order valence-corrected chi connectivity index (χ0v) is 10.9. The standard InChI is InChI=1S/C13H19NO2S/c1-10(8-9-14)12-4-2-3-5-13(12)17(15,16)11-6-7-11/h2-5,10-11H,6-9,14H2,1H3. The second-order valence-corrected chi connectivity index (χ2v) is 6.96. The number of benzene rings is 1. The van der Waals surface area contributed by atoms with Crippen LogP contribution >= 0.6 is 0 Å². The average Bonchev–Trinajstić information content (AvgIpc) is 3.13. The quantitative estimate of drug-likeness (QED) is 0.874. The Balaban J connectivity index is 2.40. The summed E-state index contributed by atoms with van der Waals surface area (Å²) in [7, 11) is -3.10. The molecule has 0 amide bonds. The fraction of sp³-hybridized carbons (Fsp3) is 0.538. The second kappa shape index (κ2) is 4.78. The van der Waals surface area contributed by atoms with Gasteiger partial charge in [0.15, 0.2) is 9.84 Å². The number of hydrogen-bond donors (Lipinski definition) is 1. The molecule has 0 radical (unpaired) electrons. The molecule has 94 valence electrons. The number of sulfone groups is 1. The fourth-order valence-electron chi connectivity index (χ4n) is 2.11. The van der Waals surface area contributed by atoms with Crippen molar-refractivity contribution in [2.24, 2.45) is 5.73 Å². The third-order valence-electron chi connectivity index (χ3n) is 3.32. The highest BCUT2D eigenvalue weighted by atomic mass is 32.2. The first kappa shape index (κ1) is 12.6. The van der Waals surface area contributed by atoms with E-state index in [1.165, 1.54) is 0 Å². The highest BCUT2D eigenvalue weighted by Gasteiger charge is 2.38. The lowest BCUT2D eigenvalue weighted by Gasteiger charge is -2.15. The van der Waals surface area contributed by atoms with Gasteiger partial charge in [-0.3, -0.25) is 0 Å². The van der Waals surface area contributed by atoms with Crippen molar-refractivity contribution in [2.75, 3.05) is 6.54 Å². The number of nitrogens with two attached hydrogens (primary N) is 1. The number of rotatable bonds is 5. The van der Waals surface area contributed by atoms with Gasteiger partial charge in [-0.2, -0.15) is 0 Å². The molecule has 1 unspecified atom stereocenters. The Morgan fingerprint density at radius 3 is 2.59 bits per heavy atom. The summed E-state index contributed by atoms with van der Waals surface area (Å²) in [6, 6.07) is 7.34. The van der Waals surface area contributed by atoms with Crippen LogP contribution in [0.2, 0.25) is 0 Å². The Labute approximate surface area is 103 Å². The molecule has 1 aromatic carbocycles. The van der Waals surface area contributed by atoms with Crippen LogP contribution in [0.5, 0.6) is 0 Å². The molecule has 3 nitrogen and oxygen atoms in total. The van der Waals surface area contributed by atoms with E-state index in [1.54, 1.807) is 12.1 Å². The molecule has 1 aliphatic carbocycles. The largest absolute Gasteiger partial charge is 0.330 e. The number of hydrogen-bond acceptors (Lipinski definition) is 3. The molecule has 0 bridgehead atoms. The molecule has 0 spiro atoms. The Bertz CT molecular complexity index is 492. The average molecular weight is 253 g/mol. The minimum absolute atomic E-state index is 0.145. The summed E-state index contributed by atoms with van der Waals surface area (Å²) in [5.41, 5.74) is 6.47. The van der Waals surface area contributed by atoms with Crippen LogP contribution in [0.4, 0.5) is 0 Å². The summed E-state index contributed by atoms with van der Waals surface area (Å²) in [5.74, 6) is 0.199. The highest BCUT2D eigenvalue weighted by molar-refractivity contribution is 7.92. The van der Waals surface area contributed by atoms with E-state index in [2.05, 4.69) is 0 Å². The maximum atomic E-state index is 12.3. The first-order valence-corrected chi connectivity index (χ1v) is 7.65. The minimum Gasteiger partial charge on any atom is -0.330 e. The predicted octanol–water partition coefficient (Wildman–Crippen LogP) is 2.08. The monoisotopic (exact) mass is 253 g/mol. The summed E-state index contributed by atoms with van der Waals surface area (Å²) < 4.78 is 24.6. The Morgan fingerprint density at radius 1 is 1.35 bits per heavy atom. The van der Waals surface area contributed by atoms with Crippen molar-refractivity contribution in [1.82, 2.24) is 0 Å². The van der Waals surface area contributed by atoms with Gasteiger partial charge in [0.05, 0.1) is 10.1 Å². The van der Waals surface area contributed by atoms with Crippen molar-refractivity contribution in [3.63, 3.8) is 0 Å². The van der Waals surface area contributed by atoms with Gasteiger partial charge in [-0.05, 0) is 43.4 Å². The van der Waals surface area contributed by atoms with Crippen LogP contribution in [-0.4, -0.2) is 20.2 Å². The molecule has 2 rings (SSSR count). The minimum atomic E-state index is -3.10. The second-order valence-electron chi connectivity index (χ2n) is 4.76. The molecule has 0 aliphatic heterocycles. The third-order valence-corrected chi connectivity index (χ3v) is 5.65. The van der Waals surface area contributed by atoms with Crippen LogP contribution in [-0.2, 0) is 9.84 Å². The zero-order valence-electron chi connectivity index (χ0n) is 10.1. The van der Waals surface area contributed by atoms with Gasteiger partial charge < -0.3 is 5.73 Å². The molecule has 1 aliphatic rings. The molecule has 1 saturated carbocycles. The van der Waals surface area contributed by atoms with Crippen molar-refractivity contribution in [1.29, 1.82) is 0 Å². The van der Waals surface area contributed by atoms with Gasteiger partial charge in [0.1, 0.15) is 0 Å². The SMILES string of the molecule is CC(CCN)c1ccccc1S(=O)(=O)C1CC1. The topological polar surface area (TPSA) is 60.2 Å². The summed E-state index contributed by atoms with van der Waals surface area (Å²) in [5, 5.41) is -0.145. The molecule has 1 fully saturated rings. The van der Waals surface area contributed by atoms with Crippen molar-refractivity contribution >= 4 is 9.84 Å². The van der Waals surface area contributed by atoms with Crippen LogP contribution in [0.25, 0.3) is 0 Å². The van der Waals surface area contributed by atoms with Crippen LogP contribution in [0, 0.1) is 0 Å². The van der Waals surface area contributed by atoms with E-state index in [0.717, 1.165) is 24.8 Å². The Hall–Kier alpha value is -0.870. The molecular formula is C13H19NO2S. The smallest absolute Gasteiger partial charge is 0.181 e. The molecule has 17 heavy (non-hydrogen) atoms. The maximum absolute atomic E-state index is 12.3. The van der Waals surface area contributed by atoms with Crippen LogP contribution in [0.15, 0.2) is 29.2 Å². The predicted molar refractivity (Wildman–Crippen MR) is 68.7 cm³/mol. The van der Waals surface area contributed by atoms with Crippen LogP contribution < -0.4 is 5.73 Å². The Morgan fingerprint density at radius 2 is 2.00 bits per heavy atom. The molecule has 0 heterocycles. The van der Waals surface area contributed by atoms with E-state index >= 15 is 0 Å². The normalized spacial score (nSPS) is 18.0. The van der Waals surface area contributed by atoms with E-state index in [-0.39, 0.29) is 11.2 Å². The van der Waals surface area contributed by atoms with Gasteiger partial charge in [-0.15, -0.1) is 0 Å². The van der Waals surface area contributed by atoms with Gasteiger partial charge in [-0.25, -0.2) is 8.42 Å². The molecule has 0 saturated heterocycles. The molecule has 2 N–H and O–H groups in total. The lowest BCUT2D eigenvalue weighted by molar-refractivity contribution is 0.590. The van der Waals surface area contributed by atoms with E-state index in [9.17, 15) is 8.42 Å². The van der Waals surface area contributed by atoms with Gasteiger partial charge in [0.2, 0.25) is 0 Å². The molecule has 0 aromatic heterocycles. The third kappa shape index (κ3) is 2.53. The maximum Gasteiger partial charge on any atom is 0.181 e. The molecular weight excluding hydrogens is 234 g/mol. The lowest BCUT2D eigenvalue weighted by Crippen LogP contribution is -2.13. The highest BCUT2D eigenvalue weighted by Crippen LogP contribution is 2.37. The fourth-order valence-corrected chi connectivity index (χ4v) is 4.09. The van der Waals surface area contributed by atoms with Gasteiger partial charge in [0, 0.05) is 0 Å². The van der Waals surface area contributed by atoms with Gasteiger partial charge in [-0.1, -0.05) is 25.1 Å². The van der Waals surface area contributed by atoms with Gasteiger partial charge >= 0.3 is 0 Å². The zero-order chi connectivity index (χ0) is 12.5. The van der Waals surface area contributed by atoms with Crippen LogP contribution in [0.1, 0.15) is 37.7 Å². The first-order chi connectivity index (χ1) is 8.07. The Kier molecular flexibility index (Phi) is 3.54. The van der Waals surface area contributed by atoms with E-state index in [0.29, 0.717) is 11.4 Å².